The number of halogens is 1. The minimum absolute atomic E-state index is 0.307. The summed E-state index contributed by atoms with van der Waals surface area (Å²) in [5.74, 6) is 0.695. The van der Waals surface area contributed by atoms with Gasteiger partial charge in [0.1, 0.15) is 0 Å². The first-order chi connectivity index (χ1) is 7.22. The summed E-state index contributed by atoms with van der Waals surface area (Å²) in [7, 11) is 0. The molecular formula is C13H14ClN. The zero-order valence-electron chi connectivity index (χ0n) is 8.83. The molecule has 0 aromatic heterocycles. The van der Waals surface area contributed by atoms with Crippen LogP contribution in [0.4, 0.5) is 0 Å². The Hall–Kier alpha value is -1.00. The number of benzene rings is 1. The van der Waals surface area contributed by atoms with Gasteiger partial charge < -0.3 is 0 Å². The lowest BCUT2D eigenvalue weighted by Gasteiger charge is -2.43. The van der Waals surface area contributed by atoms with Crippen LogP contribution in [0.2, 0.25) is 5.02 Å². The van der Waals surface area contributed by atoms with E-state index in [0.717, 1.165) is 29.8 Å². The van der Waals surface area contributed by atoms with E-state index in [1.165, 1.54) is 0 Å². The molecule has 1 fully saturated rings. The Morgan fingerprint density at radius 1 is 1.47 bits per heavy atom. The van der Waals surface area contributed by atoms with E-state index in [0.29, 0.717) is 5.92 Å². The molecule has 0 unspecified atom stereocenters. The van der Waals surface area contributed by atoms with Crippen LogP contribution in [0.3, 0.4) is 0 Å². The van der Waals surface area contributed by atoms with Crippen molar-refractivity contribution in [1.29, 1.82) is 5.26 Å². The first-order valence-electron chi connectivity index (χ1n) is 5.38. The van der Waals surface area contributed by atoms with Crippen molar-refractivity contribution in [3.63, 3.8) is 0 Å². The van der Waals surface area contributed by atoms with Crippen LogP contribution in [0.25, 0.3) is 0 Å². The summed E-state index contributed by atoms with van der Waals surface area (Å²) in [5, 5.41) is 10.0. The molecule has 1 saturated carbocycles. The van der Waals surface area contributed by atoms with E-state index in [2.05, 4.69) is 13.0 Å². The van der Waals surface area contributed by atoms with Crippen LogP contribution >= 0.6 is 11.6 Å². The van der Waals surface area contributed by atoms with Crippen LogP contribution in [-0.4, -0.2) is 0 Å². The highest BCUT2D eigenvalue weighted by molar-refractivity contribution is 6.31. The monoisotopic (exact) mass is 219 g/mol. The standard InChI is InChI=1S/C13H14ClN/c1-2-10-7-13(8-10,9-15)11-5-3-4-6-12(11)14/h3-6,10H,2,7-8H2,1H3. The van der Waals surface area contributed by atoms with Gasteiger partial charge >= 0.3 is 0 Å². The Balaban J connectivity index is 2.31. The molecule has 0 bridgehead atoms. The quantitative estimate of drug-likeness (QED) is 0.740. The largest absolute Gasteiger partial charge is 0.197 e. The van der Waals surface area contributed by atoms with E-state index in [9.17, 15) is 5.26 Å². The van der Waals surface area contributed by atoms with Crippen LogP contribution in [0.5, 0.6) is 0 Å². The second kappa shape index (κ2) is 3.87. The number of hydrogen-bond donors (Lipinski definition) is 0. The molecule has 0 heterocycles. The van der Waals surface area contributed by atoms with Gasteiger partial charge in [-0.05, 0) is 30.4 Å². The van der Waals surface area contributed by atoms with Gasteiger partial charge in [0.05, 0.1) is 11.5 Å². The third kappa shape index (κ3) is 1.64. The summed E-state index contributed by atoms with van der Waals surface area (Å²) in [6.45, 7) is 2.18. The lowest BCUT2D eigenvalue weighted by molar-refractivity contribution is 0.192. The van der Waals surface area contributed by atoms with Crippen LogP contribution in [-0.2, 0) is 5.41 Å². The molecule has 2 heteroatoms. The first kappa shape index (κ1) is 10.5. The van der Waals surface area contributed by atoms with Gasteiger partial charge in [0.25, 0.3) is 0 Å². The van der Waals surface area contributed by atoms with Crippen molar-refractivity contribution >= 4 is 11.6 Å². The van der Waals surface area contributed by atoms with Crippen molar-refractivity contribution in [1.82, 2.24) is 0 Å². The number of rotatable bonds is 2. The summed E-state index contributed by atoms with van der Waals surface area (Å²) in [6, 6.07) is 10.2. The van der Waals surface area contributed by atoms with Gasteiger partial charge in [-0.15, -0.1) is 0 Å². The van der Waals surface area contributed by atoms with E-state index >= 15 is 0 Å². The summed E-state index contributed by atoms with van der Waals surface area (Å²) in [4.78, 5) is 0. The third-order valence-corrected chi connectivity index (χ3v) is 3.78. The normalized spacial score (nSPS) is 29.3. The summed E-state index contributed by atoms with van der Waals surface area (Å²) in [5.41, 5.74) is 0.706. The fourth-order valence-corrected chi connectivity index (χ4v) is 2.75. The third-order valence-electron chi connectivity index (χ3n) is 3.46. The smallest absolute Gasteiger partial charge is 0.0842 e. The van der Waals surface area contributed by atoms with E-state index in [4.69, 9.17) is 11.6 Å². The lowest BCUT2D eigenvalue weighted by Crippen LogP contribution is -2.39. The first-order valence-corrected chi connectivity index (χ1v) is 5.76. The van der Waals surface area contributed by atoms with Gasteiger partial charge in [0.15, 0.2) is 0 Å². The van der Waals surface area contributed by atoms with Gasteiger partial charge in [-0.3, -0.25) is 0 Å². The average molecular weight is 220 g/mol. The average Bonchev–Trinajstić information content (AvgIpc) is 2.20. The highest BCUT2D eigenvalue weighted by atomic mass is 35.5. The minimum Gasteiger partial charge on any atom is -0.197 e. The Bertz CT molecular complexity index is 399. The zero-order chi connectivity index (χ0) is 10.9. The van der Waals surface area contributed by atoms with E-state index in [1.54, 1.807) is 0 Å². The molecule has 1 aliphatic carbocycles. The van der Waals surface area contributed by atoms with E-state index in [1.807, 2.05) is 24.3 Å². The highest BCUT2D eigenvalue weighted by Crippen LogP contribution is 2.50. The maximum Gasteiger partial charge on any atom is 0.0842 e. The van der Waals surface area contributed by atoms with Crippen LogP contribution in [0.1, 0.15) is 31.7 Å². The van der Waals surface area contributed by atoms with Crippen molar-refractivity contribution in [3.05, 3.63) is 34.9 Å². The van der Waals surface area contributed by atoms with Crippen LogP contribution in [0, 0.1) is 17.2 Å². The molecule has 0 atom stereocenters. The number of hydrogen-bond acceptors (Lipinski definition) is 1. The fourth-order valence-electron chi connectivity index (χ4n) is 2.44. The molecule has 1 nitrogen and oxygen atoms in total. The Morgan fingerprint density at radius 3 is 2.67 bits per heavy atom. The molecule has 78 valence electrons. The summed E-state index contributed by atoms with van der Waals surface area (Å²) >= 11 is 6.14. The molecule has 1 aromatic carbocycles. The van der Waals surface area contributed by atoms with Gasteiger partial charge in [0.2, 0.25) is 0 Å². The molecule has 0 N–H and O–H groups in total. The van der Waals surface area contributed by atoms with Gasteiger partial charge in [0, 0.05) is 5.02 Å². The predicted octanol–water partition coefficient (Wildman–Crippen LogP) is 3.92. The van der Waals surface area contributed by atoms with Crippen molar-refractivity contribution in [3.8, 4) is 6.07 Å². The molecule has 1 aliphatic rings. The van der Waals surface area contributed by atoms with Gasteiger partial charge in [-0.2, -0.15) is 5.26 Å². The van der Waals surface area contributed by atoms with Crippen molar-refractivity contribution in [2.75, 3.05) is 0 Å². The number of nitriles is 1. The van der Waals surface area contributed by atoms with Gasteiger partial charge in [-0.1, -0.05) is 43.1 Å². The van der Waals surface area contributed by atoms with E-state index < -0.39 is 0 Å². The molecule has 0 radical (unpaired) electrons. The van der Waals surface area contributed by atoms with Gasteiger partial charge in [-0.25, -0.2) is 0 Å². The minimum atomic E-state index is -0.307. The molecule has 2 rings (SSSR count). The summed E-state index contributed by atoms with van der Waals surface area (Å²) in [6.07, 6.45) is 3.08. The predicted molar refractivity (Wildman–Crippen MR) is 61.8 cm³/mol. The molecule has 15 heavy (non-hydrogen) atoms. The highest BCUT2D eigenvalue weighted by Gasteiger charge is 2.45. The SMILES string of the molecule is CCC1CC(C#N)(c2ccccc2Cl)C1. The lowest BCUT2D eigenvalue weighted by atomic mass is 9.59. The second-order valence-corrected chi connectivity index (χ2v) is 4.76. The fraction of sp³-hybridized carbons (Fsp3) is 0.462. The molecule has 0 aliphatic heterocycles. The topological polar surface area (TPSA) is 23.8 Å². The number of nitrogens with zero attached hydrogens (tertiary/aromatic N) is 1. The molecule has 0 saturated heterocycles. The maximum atomic E-state index is 9.32. The van der Waals surface area contributed by atoms with Crippen LogP contribution < -0.4 is 0 Å². The van der Waals surface area contributed by atoms with Crippen molar-refractivity contribution in [2.24, 2.45) is 5.92 Å². The van der Waals surface area contributed by atoms with Crippen LogP contribution in [0.15, 0.2) is 24.3 Å². The Kier molecular flexibility index (Phi) is 2.71. The molecule has 0 amide bonds. The maximum absolute atomic E-state index is 9.32. The Labute approximate surface area is 95.7 Å². The zero-order valence-corrected chi connectivity index (χ0v) is 9.59. The van der Waals surface area contributed by atoms with Crippen molar-refractivity contribution < 1.29 is 0 Å². The second-order valence-electron chi connectivity index (χ2n) is 4.36. The Morgan fingerprint density at radius 2 is 2.13 bits per heavy atom. The van der Waals surface area contributed by atoms with Crippen molar-refractivity contribution in [2.45, 2.75) is 31.6 Å². The molecule has 1 aromatic rings. The van der Waals surface area contributed by atoms with E-state index in [-0.39, 0.29) is 5.41 Å². The molecule has 0 spiro atoms. The molecular weight excluding hydrogens is 206 g/mol. The summed E-state index contributed by atoms with van der Waals surface area (Å²) < 4.78 is 0.